The Hall–Kier alpha value is -1.20. The molecule has 0 aliphatic carbocycles. The fraction of sp³-hybridized carbons (Fsp3) is 0.611. The Labute approximate surface area is 144 Å². The summed E-state index contributed by atoms with van der Waals surface area (Å²) >= 11 is 1.73. The lowest BCUT2D eigenvalue weighted by atomic mass is 9.99. The summed E-state index contributed by atoms with van der Waals surface area (Å²) in [5.74, 6) is 0.464. The number of nitrogens with zero attached hydrogens (tertiary/aromatic N) is 1. The Morgan fingerprint density at radius 3 is 2.83 bits per heavy atom. The molecule has 0 bridgehead atoms. The van der Waals surface area contributed by atoms with E-state index in [-0.39, 0.29) is 12.1 Å². The molecule has 1 saturated heterocycles. The molecule has 0 unspecified atom stereocenters. The molecule has 0 spiro atoms. The number of urea groups is 1. The standard InChI is InChI=1S/C18H28N2O2S/c1-4-22-13-15-6-5-11-20(12-15)18(21)19-14(2)16-7-9-17(23-3)10-8-16/h7-10,14-15H,4-6,11-13H2,1-3H3,(H,19,21)/t14-,15+/m0/s1. The quantitative estimate of drug-likeness (QED) is 0.800. The van der Waals surface area contributed by atoms with Crippen molar-refractivity contribution in [2.45, 2.75) is 37.6 Å². The summed E-state index contributed by atoms with van der Waals surface area (Å²) in [7, 11) is 0. The van der Waals surface area contributed by atoms with Gasteiger partial charge >= 0.3 is 6.03 Å². The highest BCUT2D eigenvalue weighted by Crippen LogP contribution is 2.20. The maximum Gasteiger partial charge on any atom is 0.317 e. The number of ether oxygens (including phenoxy) is 1. The first kappa shape index (κ1) is 18.1. The summed E-state index contributed by atoms with van der Waals surface area (Å²) in [5, 5.41) is 3.12. The van der Waals surface area contributed by atoms with Gasteiger partial charge in [-0.1, -0.05) is 12.1 Å². The van der Waals surface area contributed by atoms with E-state index in [4.69, 9.17) is 4.74 Å². The van der Waals surface area contributed by atoms with Crippen LogP contribution in [0.5, 0.6) is 0 Å². The van der Waals surface area contributed by atoms with Gasteiger partial charge in [0, 0.05) is 30.5 Å². The normalized spacial score (nSPS) is 19.4. The SMILES string of the molecule is CCOC[C@@H]1CCCN(C(=O)N[C@@H](C)c2ccc(SC)cc2)C1. The highest BCUT2D eigenvalue weighted by molar-refractivity contribution is 7.98. The average molecular weight is 337 g/mol. The summed E-state index contributed by atoms with van der Waals surface area (Å²) in [4.78, 5) is 15.7. The molecule has 1 N–H and O–H groups in total. The third-order valence-electron chi connectivity index (χ3n) is 4.32. The van der Waals surface area contributed by atoms with E-state index in [0.29, 0.717) is 5.92 Å². The van der Waals surface area contributed by atoms with Crippen LogP contribution >= 0.6 is 11.8 Å². The summed E-state index contributed by atoms with van der Waals surface area (Å²) in [6.45, 7) is 7.18. The van der Waals surface area contributed by atoms with E-state index in [1.807, 2.05) is 18.7 Å². The van der Waals surface area contributed by atoms with Gasteiger partial charge in [0.1, 0.15) is 0 Å². The van der Waals surface area contributed by atoms with E-state index < -0.39 is 0 Å². The minimum absolute atomic E-state index is 0.0191. The van der Waals surface area contributed by atoms with Gasteiger partial charge in [-0.25, -0.2) is 4.79 Å². The number of nitrogens with one attached hydrogen (secondary N) is 1. The van der Waals surface area contributed by atoms with Crippen molar-refractivity contribution in [3.63, 3.8) is 0 Å². The first-order valence-electron chi connectivity index (χ1n) is 8.41. The molecule has 0 aromatic heterocycles. The van der Waals surface area contributed by atoms with Crippen molar-refractivity contribution in [3.05, 3.63) is 29.8 Å². The molecule has 2 rings (SSSR count). The molecule has 4 nitrogen and oxygen atoms in total. The van der Waals surface area contributed by atoms with Crippen molar-refractivity contribution in [1.29, 1.82) is 0 Å². The molecular formula is C18H28N2O2S. The molecule has 0 saturated carbocycles. The van der Waals surface area contributed by atoms with Crippen LogP contribution in [-0.4, -0.2) is 43.5 Å². The van der Waals surface area contributed by atoms with Gasteiger partial charge in [0.05, 0.1) is 12.6 Å². The number of carbonyl (C=O) groups is 1. The number of hydrogen-bond donors (Lipinski definition) is 1. The van der Waals surface area contributed by atoms with E-state index in [9.17, 15) is 4.79 Å². The number of amides is 2. The minimum Gasteiger partial charge on any atom is -0.381 e. The maximum atomic E-state index is 12.5. The lowest BCUT2D eigenvalue weighted by Gasteiger charge is -2.33. The van der Waals surface area contributed by atoms with E-state index in [1.54, 1.807) is 11.8 Å². The molecule has 1 heterocycles. The van der Waals surface area contributed by atoms with Crippen LogP contribution in [0.3, 0.4) is 0 Å². The molecule has 5 heteroatoms. The average Bonchev–Trinajstić information content (AvgIpc) is 2.60. The Morgan fingerprint density at radius 2 is 2.17 bits per heavy atom. The van der Waals surface area contributed by atoms with Gasteiger partial charge in [0.15, 0.2) is 0 Å². The minimum atomic E-state index is 0.0191. The maximum absolute atomic E-state index is 12.5. The van der Waals surface area contributed by atoms with Crippen molar-refractivity contribution in [3.8, 4) is 0 Å². The molecule has 1 fully saturated rings. The van der Waals surface area contributed by atoms with Gasteiger partial charge in [-0.05, 0) is 50.6 Å². The van der Waals surface area contributed by atoms with E-state index in [0.717, 1.165) is 44.7 Å². The number of carbonyl (C=O) groups excluding carboxylic acids is 1. The lowest BCUT2D eigenvalue weighted by molar-refractivity contribution is 0.0752. The Morgan fingerprint density at radius 1 is 1.43 bits per heavy atom. The van der Waals surface area contributed by atoms with Crippen LogP contribution < -0.4 is 5.32 Å². The third kappa shape index (κ3) is 5.43. The van der Waals surface area contributed by atoms with Crippen molar-refractivity contribution in [1.82, 2.24) is 10.2 Å². The molecule has 2 atom stereocenters. The second-order valence-corrected chi connectivity index (χ2v) is 6.94. The van der Waals surface area contributed by atoms with Crippen molar-refractivity contribution in [2.24, 2.45) is 5.92 Å². The molecule has 1 aliphatic rings. The summed E-state index contributed by atoms with van der Waals surface area (Å²) in [6, 6.07) is 8.43. The predicted molar refractivity (Wildman–Crippen MR) is 96.0 cm³/mol. The van der Waals surface area contributed by atoms with Crippen LogP contribution in [0.4, 0.5) is 4.79 Å². The molecule has 128 valence electrons. The number of benzene rings is 1. The molecule has 1 aliphatic heterocycles. The van der Waals surface area contributed by atoms with E-state index in [1.165, 1.54) is 4.90 Å². The number of likely N-dealkylation sites (tertiary alicyclic amines) is 1. The van der Waals surface area contributed by atoms with Crippen LogP contribution in [-0.2, 0) is 4.74 Å². The smallest absolute Gasteiger partial charge is 0.317 e. The van der Waals surface area contributed by atoms with Crippen LogP contribution in [0.25, 0.3) is 0 Å². The second kappa shape index (κ2) is 9.18. The first-order valence-corrected chi connectivity index (χ1v) is 9.63. The Kier molecular flexibility index (Phi) is 7.24. The van der Waals surface area contributed by atoms with Gasteiger partial charge in [0.2, 0.25) is 0 Å². The monoisotopic (exact) mass is 336 g/mol. The topological polar surface area (TPSA) is 41.6 Å². The molecular weight excluding hydrogens is 308 g/mol. The van der Waals surface area contributed by atoms with Crippen LogP contribution in [0.15, 0.2) is 29.2 Å². The van der Waals surface area contributed by atoms with Gasteiger partial charge in [-0.2, -0.15) is 0 Å². The highest BCUT2D eigenvalue weighted by atomic mass is 32.2. The van der Waals surface area contributed by atoms with Crippen molar-refractivity contribution < 1.29 is 9.53 Å². The van der Waals surface area contributed by atoms with Crippen molar-refractivity contribution in [2.75, 3.05) is 32.6 Å². The first-order chi connectivity index (χ1) is 11.1. The summed E-state index contributed by atoms with van der Waals surface area (Å²) in [6.07, 6.45) is 4.27. The van der Waals surface area contributed by atoms with Gasteiger partial charge < -0.3 is 15.0 Å². The summed E-state index contributed by atoms with van der Waals surface area (Å²) < 4.78 is 5.51. The third-order valence-corrected chi connectivity index (χ3v) is 5.06. The molecule has 23 heavy (non-hydrogen) atoms. The Bertz CT molecular complexity index is 492. The molecule has 0 radical (unpaired) electrons. The lowest BCUT2D eigenvalue weighted by Crippen LogP contribution is -2.46. The van der Waals surface area contributed by atoms with Crippen LogP contribution in [0, 0.1) is 5.92 Å². The van der Waals surface area contributed by atoms with E-state index >= 15 is 0 Å². The number of piperidine rings is 1. The van der Waals surface area contributed by atoms with Gasteiger partial charge in [0.25, 0.3) is 0 Å². The summed E-state index contributed by atoms with van der Waals surface area (Å²) in [5.41, 5.74) is 1.14. The molecule has 1 aromatic rings. The zero-order valence-corrected chi connectivity index (χ0v) is 15.2. The zero-order chi connectivity index (χ0) is 16.7. The largest absolute Gasteiger partial charge is 0.381 e. The highest BCUT2D eigenvalue weighted by Gasteiger charge is 2.24. The van der Waals surface area contributed by atoms with Gasteiger partial charge in [-0.15, -0.1) is 11.8 Å². The fourth-order valence-electron chi connectivity index (χ4n) is 2.92. The van der Waals surface area contributed by atoms with Gasteiger partial charge in [-0.3, -0.25) is 0 Å². The zero-order valence-electron chi connectivity index (χ0n) is 14.4. The number of hydrogen-bond acceptors (Lipinski definition) is 3. The Balaban J connectivity index is 1.86. The fourth-order valence-corrected chi connectivity index (χ4v) is 3.33. The molecule has 1 aromatic carbocycles. The predicted octanol–water partition coefficient (Wildman–Crippen LogP) is 3.93. The number of rotatable bonds is 6. The number of thioether (sulfide) groups is 1. The second-order valence-electron chi connectivity index (χ2n) is 6.06. The van der Waals surface area contributed by atoms with Crippen molar-refractivity contribution >= 4 is 17.8 Å². The molecule has 2 amide bonds. The van der Waals surface area contributed by atoms with Crippen LogP contribution in [0.1, 0.15) is 38.3 Å². The van der Waals surface area contributed by atoms with E-state index in [2.05, 4.69) is 35.8 Å². The van der Waals surface area contributed by atoms with Crippen LogP contribution in [0.2, 0.25) is 0 Å².